The number of nitrogens with zero attached hydrogens (tertiary/aromatic N) is 4. The van der Waals surface area contributed by atoms with E-state index in [2.05, 4.69) is 0 Å². The Bertz CT molecular complexity index is 1230. The Morgan fingerprint density at radius 1 is 1.07 bits per heavy atom. The average molecular weight is 386 g/mol. The molecule has 144 valence electrons. The van der Waals surface area contributed by atoms with E-state index in [1.807, 2.05) is 41.9 Å². The molecule has 0 amide bonds. The summed E-state index contributed by atoms with van der Waals surface area (Å²) in [7, 11) is 0. The number of non-ortho nitro benzene ring substituents is 1. The van der Waals surface area contributed by atoms with Gasteiger partial charge in [0.15, 0.2) is 5.65 Å². The van der Waals surface area contributed by atoms with Crippen molar-refractivity contribution in [2.45, 2.75) is 20.0 Å². The molecular weight excluding hydrogens is 368 g/mol. The zero-order valence-corrected chi connectivity index (χ0v) is 15.8. The zero-order chi connectivity index (χ0) is 20.0. The molecule has 29 heavy (non-hydrogen) atoms. The van der Waals surface area contributed by atoms with Crippen LogP contribution in [0.2, 0.25) is 0 Å². The molecule has 0 atom stereocenters. The molecule has 1 aliphatic heterocycles. The van der Waals surface area contributed by atoms with Crippen LogP contribution in [0.5, 0.6) is 0 Å². The first-order chi connectivity index (χ1) is 14.1. The molecule has 7 nitrogen and oxygen atoms in total. The summed E-state index contributed by atoms with van der Waals surface area (Å²) in [5.41, 5.74) is 6.59. The van der Waals surface area contributed by atoms with Gasteiger partial charge in [0.25, 0.3) is 5.69 Å². The Labute approximate surface area is 166 Å². The summed E-state index contributed by atoms with van der Waals surface area (Å²) in [4.78, 5) is 15.6. The van der Waals surface area contributed by atoms with Crippen molar-refractivity contribution in [3.8, 4) is 16.9 Å². The summed E-state index contributed by atoms with van der Waals surface area (Å²) < 4.78 is 7.60. The van der Waals surface area contributed by atoms with E-state index in [0.717, 1.165) is 45.7 Å². The number of pyridine rings is 1. The van der Waals surface area contributed by atoms with E-state index < -0.39 is 4.92 Å². The predicted octanol–water partition coefficient (Wildman–Crippen LogP) is 4.38. The fourth-order valence-corrected chi connectivity index (χ4v) is 3.95. The Morgan fingerprint density at radius 3 is 2.55 bits per heavy atom. The lowest BCUT2D eigenvalue weighted by atomic mass is 9.95. The molecule has 2 aromatic heterocycles. The largest absolute Gasteiger partial charge is 0.376 e. The number of fused-ring (bicyclic) bond motifs is 3. The summed E-state index contributed by atoms with van der Waals surface area (Å²) in [6.07, 6.45) is 0.787. The topological polar surface area (TPSA) is 83.1 Å². The van der Waals surface area contributed by atoms with Gasteiger partial charge in [-0.2, -0.15) is 5.10 Å². The van der Waals surface area contributed by atoms with E-state index in [1.165, 1.54) is 17.7 Å². The molecule has 0 saturated heterocycles. The molecule has 1 aliphatic rings. The van der Waals surface area contributed by atoms with Gasteiger partial charge >= 0.3 is 0 Å². The van der Waals surface area contributed by atoms with Crippen LogP contribution in [0.3, 0.4) is 0 Å². The van der Waals surface area contributed by atoms with Gasteiger partial charge in [-0.25, -0.2) is 9.67 Å². The second-order valence-electron chi connectivity index (χ2n) is 7.06. The molecular formula is C22H18N4O3. The third-order valence-corrected chi connectivity index (χ3v) is 5.30. The molecule has 3 heterocycles. The summed E-state index contributed by atoms with van der Waals surface area (Å²) in [6.45, 7) is 3.13. The maximum absolute atomic E-state index is 11.0. The number of aromatic nitrogens is 3. The number of benzene rings is 2. The van der Waals surface area contributed by atoms with Crippen LogP contribution in [-0.2, 0) is 17.8 Å². The molecule has 0 bridgehead atoms. The number of para-hydroxylation sites is 1. The predicted molar refractivity (Wildman–Crippen MR) is 109 cm³/mol. The fraction of sp³-hybridized carbons (Fsp3) is 0.182. The van der Waals surface area contributed by atoms with Gasteiger partial charge in [-0.1, -0.05) is 18.2 Å². The number of rotatable bonds is 3. The molecule has 0 spiro atoms. The molecule has 4 aromatic rings. The van der Waals surface area contributed by atoms with Gasteiger partial charge < -0.3 is 4.74 Å². The average Bonchev–Trinajstić information content (AvgIpc) is 3.10. The molecule has 0 unspecified atom stereocenters. The minimum Gasteiger partial charge on any atom is -0.376 e. The second kappa shape index (κ2) is 6.79. The Hall–Kier alpha value is -3.58. The zero-order valence-electron chi connectivity index (χ0n) is 15.8. The number of ether oxygens (including phenoxy) is 1. The van der Waals surface area contributed by atoms with E-state index >= 15 is 0 Å². The van der Waals surface area contributed by atoms with Gasteiger partial charge in [0.1, 0.15) is 0 Å². The molecule has 2 aromatic carbocycles. The first-order valence-corrected chi connectivity index (χ1v) is 9.42. The molecule has 0 fully saturated rings. The maximum Gasteiger partial charge on any atom is 0.269 e. The summed E-state index contributed by atoms with van der Waals surface area (Å²) >= 11 is 0. The molecule has 7 heteroatoms. The normalized spacial score (nSPS) is 13.4. The van der Waals surface area contributed by atoms with Crippen LogP contribution in [0, 0.1) is 17.0 Å². The van der Waals surface area contributed by atoms with Crippen LogP contribution < -0.4 is 0 Å². The van der Waals surface area contributed by atoms with Gasteiger partial charge in [0.2, 0.25) is 0 Å². The van der Waals surface area contributed by atoms with Gasteiger partial charge in [0, 0.05) is 28.6 Å². The van der Waals surface area contributed by atoms with Gasteiger partial charge in [-0.15, -0.1) is 0 Å². The van der Waals surface area contributed by atoms with E-state index in [0.29, 0.717) is 13.2 Å². The minimum atomic E-state index is -0.396. The monoisotopic (exact) mass is 386 g/mol. The molecule has 0 aliphatic carbocycles. The van der Waals surface area contributed by atoms with Crippen LogP contribution in [0.4, 0.5) is 5.69 Å². The minimum absolute atomic E-state index is 0.0603. The number of nitro groups is 1. The van der Waals surface area contributed by atoms with Crippen molar-refractivity contribution in [3.63, 3.8) is 0 Å². The number of hydrogen-bond donors (Lipinski definition) is 0. The highest BCUT2D eigenvalue weighted by Gasteiger charge is 2.24. The maximum atomic E-state index is 11.0. The van der Waals surface area contributed by atoms with Gasteiger partial charge in [-0.3, -0.25) is 10.1 Å². The summed E-state index contributed by atoms with van der Waals surface area (Å²) in [5, 5.41) is 16.9. The van der Waals surface area contributed by atoms with Crippen LogP contribution in [0.1, 0.15) is 16.8 Å². The highest BCUT2D eigenvalue weighted by atomic mass is 16.6. The summed E-state index contributed by atoms with van der Waals surface area (Å²) in [5.74, 6) is 0. The van der Waals surface area contributed by atoms with Crippen LogP contribution in [-0.4, -0.2) is 26.3 Å². The van der Waals surface area contributed by atoms with Crippen molar-refractivity contribution in [2.24, 2.45) is 0 Å². The first-order valence-electron chi connectivity index (χ1n) is 9.42. The highest BCUT2D eigenvalue weighted by molar-refractivity contribution is 5.88. The van der Waals surface area contributed by atoms with Gasteiger partial charge in [-0.05, 0) is 43.2 Å². The van der Waals surface area contributed by atoms with Crippen molar-refractivity contribution in [1.29, 1.82) is 0 Å². The van der Waals surface area contributed by atoms with Crippen molar-refractivity contribution in [1.82, 2.24) is 14.8 Å². The van der Waals surface area contributed by atoms with Gasteiger partial charge in [0.05, 0.1) is 35.2 Å². The Balaban J connectivity index is 1.79. The molecule has 0 radical (unpaired) electrons. The highest BCUT2D eigenvalue weighted by Crippen LogP contribution is 2.35. The van der Waals surface area contributed by atoms with Crippen molar-refractivity contribution in [3.05, 3.63) is 81.5 Å². The lowest BCUT2D eigenvalue weighted by molar-refractivity contribution is -0.384. The molecule has 0 saturated carbocycles. The van der Waals surface area contributed by atoms with Crippen molar-refractivity contribution >= 4 is 16.7 Å². The van der Waals surface area contributed by atoms with E-state index in [4.69, 9.17) is 14.8 Å². The third-order valence-electron chi connectivity index (χ3n) is 5.30. The fourth-order valence-electron chi connectivity index (χ4n) is 3.95. The SMILES string of the molecule is Cc1nn(-c2ccccc2)c2nc(-c3ccc([N+](=O)[O-])cc3)c3c(c12)CCOC3. The van der Waals surface area contributed by atoms with Crippen molar-refractivity contribution in [2.75, 3.05) is 6.61 Å². The lowest BCUT2D eigenvalue weighted by Crippen LogP contribution is -2.13. The first kappa shape index (κ1) is 17.5. The van der Waals surface area contributed by atoms with Crippen LogP contribution >= 0.6 is 0 Å². The smallest absolute Gasteiger partial charge is 0.269 e. The van der Waals surface area contributed by atoms with Crippen molar-refractivity contribution < 1.29 is 9.66 Å². The number of hydrogen-bond acceptors (Lipinski definition) is 5. The van der Waals surface area contributed by atoms with Crippen LogP contribution in [0.15, 0.2) is 54.6 Å². The lowest BCUT2D eigenvalue weighted by Gasteiger charge is -2.21. The Morgan fingerprint density at radius 2 is 1.83 bits per heavy atom. The Kier molecular flexibility index (Phi) is 4.10. The van der Waals surface area contributed by atoms with Crippen LogP contribution in [0.25, 0.3) is 28.0 Å². The third kappa shape index (κ3) is 2.87. The molecule has 0 N–H and O–H groups in total. The standard InChI is InChI=1S/C22H18N4O3/c1-14-20-18-11-12-29-13-19(18)21(15-7-9-17(10-8-15)26(27)28)23-22(20)25(24-14)16-5-3-2-4-6-16/h2-10H,11-13H2,1H3. The quantitative estimate of drug-likeness (QED) is 0.385. The number of nitro benzene ring substituents is 1. The molecule has 5 rings (SSSR count). The summed E-state index contributed by atoms with van der Waals surface area (Å²) in [6, 6.07) is 16.4. The van der Waals surface area contributed by atoms with E-state index in [-0.39, 0.29) is 5.69 Å². The second-order valence-corrected chi connectivity index (χ2v) is 7.06. The van der Waals surface area contributed by atoms with E-state index in [9.17, 15) is 10.1 Å². The van der Waals surface area contributed by atoms with E-state index in [1.54, 1.807) is 12.1 Å². The number of aryl methyl sites for hydroxylation is 1.